The zero-order valence-corrected chi connectivity index (χ0v) is 12.6. The van der Waals surface area contributed by atoms with Gasteiger partial charge in [0, 0.05) is 24.8 Å². The predicted molar refractivity (Wildman–Crippen MR) is 77.8 cm³/mol. The second kappa shape index (κ2) is 5.51. The SMILES string of the molecule is CCC1CCC(C)N1S(=O)(=O)c1ccc(NC)cc1. The van der Waals surface area contributed by atoms with Gasteiger partial charge in [0.1, 0.15) is 0 Å². The monoisotopic (exact) mass is 282 g/mol. The van der Waals surface area contributed by atoms with Crippen LogP contribution in [0.25, 0.3) is 0 Å². The summed E-state index contributed by atoms with van der Waals surface area (Å²) in [4.78, 5) is 0.388. The minimum Gasteiger partial charge on any atom is -0.388 e. The third-order valence-corrected chi connectivity index (χ3v) is 5.98. The molecule has 19 heavy (non-hydrogen) atoms. The molecule has 4 nitrogen and oxygen atoms in total. The summed E-state index contributed by atoms with van der Waals surface area (Å²) in [6, 6.07) is 7.20. The smallest absolute Gasteiger partial charge is 0.243 e. The molecule has 1 fully saturated rings. The summed E-state index contributed by atoms with van der Waals surface area (Å²) in [5.74, 6) is 0. The standard InChI is InChI=1S/C14H22N2O2S/c1-4-13-8-5-11(2)16(13)19(17,18)14-9-6-12(15-3)7-10-14/h6-7,9-11,13,15H,4-5,8H2,1-3H3. The van der Waals surface area contributed by atoms with Crippen molar-refractivity contribution in [3.8, 4) is 0 Å². The summed E-state index contributed by atoms with van der Waals surface area (Å²) in [5, 5.41) is 3.00. The molecule has 0 spiro atoms. The number of nitrogens with one attached hydrogen (secondary N) is 1. The molecule has 0 radical (unpaired) electrons. The molecule has 1 N–H and O–H groups in total. The number of benzene rings is 1. The predicted octanol–water partition coefficient (Wildman–Crippen LogP) is 2.68. The lowest BCUT2D eigenvalue weighted by molar-refractivity contribution is 0.328. The van der Waals surface area contributed by atoms with Crippen molar-refractivity contribution in [2.75, 3.05) is 12.4 Å². The Kier molecular flexibility index (Phi) is 4.16. The van der Waals surface area contributed by atoms with Crippen LogP contribution < -0.4 is 5.32 Å². The van der Waals surface area contributed by atoms with Crippen LogP contribution in [0.4, 0.5) is 5.69 Å². The van der Waals surface area contributed by atoms with Crippen LogP contribution >= 0.6 is 0 Å². The number of nitrogens with zero attached hydrogens (tertiary/aromatic N) is 1. The number of anilines is 1. The van der Waals surface area contributed by atoms with Crippen LogP contribution in [0.1, 0.15) is 33.1 Å². The quantitative estimate of drug-likeness (QED) is 0.923. The number of rotatable bonds is 4. The summed E-state index contributed by atoms with van der Waals surface area (Å²) in [7, 11) is -1.55. The highest BCUT2D eigenvalue weighted by molar-refractivity contribution is 7.89. The summed E-state index contributed by atoms with van der Waals surface area (Å²) in [6.07, 6.45) is 2.79. The van der Waals surface area contributed by atoms with Gasteiger partial charge in [-0.2, -0.15) is 4.31 Å². The molecule has 0 saturated carbocycles. The van der Waals surface area contributed by atoms with Gasteiger partial charge >= 0.3 is 0 Å². The van der Waals surface area contributed by atoms with E-state index in [0.717, 1.165) is 24.9 Å². The van der Waals surface area contributed by atoms with Crippen molar-refractivity contribution < 1.29 is 8.42 Å². The summed E-state index contributed by atoms with van der Waals surface area (Å²) < 4.78 is 27.1. The molecule has 1 heterocycles. The molecule has 1 aliphatic heterocycles. The van der Waals surface area contributed by atoms with E-state index in [2.05, 4.69) is 12.2 Å². The molecule has 2 unspecified atom stereocenters. The molecule has 0 aromatic heterocycles. The van der Waals surface area contributed by atoms with Crippen LogP contribution in [0.5, 0.6) is 0 Å². The molecule has 0 aliphatic carbocycles. The van der Waals surface area contributed by atoms with Crippen molar-refractivity contribution >= 4 is 15.7 Å². The summed E-state index contributed by atoms with van der Waals surface area (Å²) in [5.41, 5.74) is 0.917. The maximum atomic E-state index is 12.7. The van der Waals surface area contributed by atoms with Crippen LogP contribution in [0.3, 0.4) is 0 Å². The fourth-order valence-corrected chi connectivity index (χ4v) is 4.73. The number of sulfonamides is 1. The Labute approximate surface area is 115 Å². The van der Waals surface area contributed by atoms with E-state index in [0.29, 0.717) is 4.90 Å². The van der Waals surface area contributed by atoms with Crippen molar-refractivity contribution in [2.45, 2.75) is 50.1 Å². The maximum Gasteiger partial charge on any atom is 0.243 e. The zero-order valence-electron chi connectivity index (χ0n) is 11.8. The van der Waals surface area contributed by atoms with Crippen molar-refractivity contribution in [3.05, 3.63) is 24.3 Å². The Morgan fingerprint density at radius 2 is 1.89 bits per heavy atom. The van der Waals surface area contributed by atoms with Gasteiger partial charge in [-0.25, -0.2) is 8.42 Å². The molecule has 1 saturated heterocycles. The van der Waals surface area contributed by atoms with Gasteiger partial charge in [-0.3, -0.25) is 0 Å². The van der Waals surface area contributed by atoms with Crippen LogP contribution in [-0.4, -0.2) is 31.9 Å². The largest absolute Gasteiger partial charge is 0.388 e. The van der Waals surface area contributed by atoms with E-state index in [1.165, 1.54) is 0 Å². The van der Waals surface area contributed by atoms with Gasteiger partial charge in [-0.15, -0.1) is 0 Å². The van der Waals surface area contributed by atoms with Gasteiger partial charge in [0.05, 0.1) is 4.90 Å². The number of hydrogen-bond donors (Lipinski definition) is 1. The Balaban J connectivity index is 2.35. The lowest BCUT2D eigenvalue weighted by atomic mass is 10.2. The van der Waals surface area contributed by atoms with E-state index in [4.69, 9.17) is 0 Å². The van der Waals surface area contributed by atoms with E-state index in [9.17, 15) is 8.42 Å². The van der Waals surface area contributed by atoms with Crippen LogP contribution in [0.2, 0.25) is 0 Å². The van der Waals surface area contributed by atoms with Gasteiger partial charge in [0.15, 0.2) is 0 Å². The number of hydrogen-bond acceptors (Lipinski definition) is 3. The molecule has 2 rings (SSSR count). The minimum atomic E-state index is -3.37. The molecule has 106 valence electrons. The maximum absolute atomic E-state index is 12.7. The average molecular weight is 282 g/mol. The highest BCUT2D eigenvalue weighted by Gasteiger charge is 2.38. The van der Waals surface area contributed by atoms with E-state index < -0.39 is 10.0 Å². The van der Waals surface area contributed by atoms with E-state index in [1.54, 1.807) is 28.6 Å². The first-order valence-corrected chi connectivity index (χ1v) is 8.26. The highest BCUT2D eigenvalue weighted by atomic mass is 32.2. The topological polar surface area (TPSA) is 49.4 Å². The molecule has 0 bridgehead atoms. The van der Waals surface area contributed by atoms with Crippen molar-refractivity contribution in [3.63, 3.8) is 0 Å². The fourth-order valence-electron chi connectivity index (χ4n) is 2.78. The van der Waals surface area contributed by atoms with Gasteiger partial charge in [0.2, 0.25) is 10.0 Å². The summed E-state index contributed by atoms with van der Waals surface area (Å²) >= 11 is 0. The molecule has 5 heteroatoms. The van der Waals surface area contributed by atoms with E-state index >= 15 is 0 Å². The van der Waals surface area contributed by atoms with Gasteiger partial charge < -0.3 is 5.32 Å². The lowest BCUT2D eigenvalue weighted by Gasteiger charge is -2.27. The second-order valence-corrected chi connectivity index (χ2v) is 6.94. The molecule has 2 atom stereocenters. The average Bonchev–Trinajstić information content (AvgIpc) is 2.80. The van der Waals surface area contributed by atoms with E-state index in [-0.39, 0.29) is 12.1 Å². The van der Waals surface area contributed by atoms with Gasteiger partial charge in [-0.1, -0.05) is 6.92 Å². The van der Waals surface area contributed by atoms with Crippen molar-refractivity contribution in [1.29, 1.82) is 0 Å². The first kappa shape index (κ1) is 14.3. The van der Waals surface area contributed by atoms with Gasteiger partial charge in [-0.05, 0) is 50.5 Å². The molecule has 0 amide bonds. The highest BCUT2D eigenvalue weighted by Crippen LogP contribution is 2.32. The molecule has 1 aromatic rings. The fraction of sp³-hybridized carbons (Fsp3) is 0.571. The molecular formula is C14H22N2O2S. The Hall–Kier alpha value is -1.07. The molecular weight excluding hydrogens is 260 g/mol. The molecule has 1 aromatic carbocycles. The van der Waals surface area contributed by atoms with E-state index in [1.807, 2.05) is 14.0 Å². The van der Waals surface area contributed by atoms with Gasteiger partial charge in [0.25, 0.3) is 0 Å². The first-order valence-electron chi connectivity index (χ1n) is 6.82. The van der Waals surface area contributed by atoms with Crippen LogP contribution in [0.15, 0.2) is 29.2 Å². The normalized spacial score (nSPS) is 24.6. The third kappa shape index (κ3) is 2.62. The zero-order chi connectivity index (χ0) is 14.0. The van der Waals surface area contributed by atoms with Crippen molar-refractivity contribution in [1.82, 2.24) is 4.31 Å². The Morgan fingerprint density at radius 1 is 1.26 bits per heavy atom. The van der Waals surface area contributed by atoms with Crippen LogP contribution in [-0.2, 0) is 10.0 Å². The Morgan fingerprint density at radius 3 is 2.42 bits per heavy atom. The van der Waals surface area contributed by atoms with Crippen LogP contribution in [0, 0.1) is 0 Å². The Bertz CT molecular complexity index is 525. The minimum absolute atomic E-state index is 0.0962. The molecule has 1 aliphatic rings. The second-order valence-electron chi connectivity index (χ2n) is 5.10. The summed E-state index contributed by atoms with van der Waals surface area (Å²) in [6.45, 7) is 4.05. The third-order valence-electron chi connectivity index (χ3n) is 3.90. The first-order chi connectivity index (χ1) is 9.00. The van der Waals surface area contributed by atoms with Crippen molar-refractivity contribution in [2.24, 2.45) is 0 Å². The lowest BCUT2D eigenvalue weighted by Crippen LogP contribution is -2.39.